The van der Waals surface area contributed by atoms with Crippen molar-refractivity contribution in [2.45, 2.75) is 76.8 Å². The van der Waals surface area contributed by atoms with Crippen LogP contribution in [0.25, 0.3) is 0 Å². The van der Waals surface area contributed by atoms with Gasteiger partial charge in [0, 0.05) is 0 Å². The van der Waals surface area contributed by atoms with Crippen molar-refractivity contribution in [2.75, 3.05) is 0 Å². The Kier molecular flexibility index (Phi) is 4.96. The van der Waals surface area contributed by atoms with E-state index in [0.29, 0.717) is 0 Å². The fourth-order valence-electron chi connectivity index (χ4n) is 6.37. The predicted octanol–water partition coefficient (Wildman–Crippen LogP) is 6.62. The van der Waals surface area contributed by atoms with Gasteiger partial charge in [-0.05, 0) is 99.5 Å². The SMILES string of the molecule is C[Si](C)(CC[C@@H]1C[C@H]2C=C[C@H]1C2)O[Si](C)(C)CC[C@@H]1C[C@H]2C=C[C@H]1C2. The maximum absolute atomic E-state index is 6.95. The van der Waals surface area contributed by atoms with Crippen molar-refractivity contribution in [2.24, 2.45) is 35.5 Å². The summed E-state index contributed by atoms with van der Waals surface area (Å²) in [6.07, 6.45) is 18.6. The highest BCUT2D eigenvalue weighted by Crippen LogP contribution is 2.47. The Labute approximate surface area is 157 Å². The Hall–Kier alpha value is -0.126. The molecule has 4 bridgehead atoms. The van der Waals surface area contributed by atoms with Crippen LogP contribution in [0.3, 0.4) is 0 Å². The molecule has 4 rings (SSSR count). The van der Waals surface area contributed by atoms with E-state index in [9.17, 15) is 0 Å². The van der Waals surface area contributed by atoms with Crippen molar-refractivity contribution >= 4 is 16.6 Å². The highest BCUT2D eigenvalue weighted by molar-refractivity contribution is 6.84. The second-order valence-corrected chi connectivity index (χ2v) is 19.6. The zero-order valence-corrected chi connectivity index (χ0v) is 18.8. The van der Waals surface area contributed by atoms with E-state index in [-0.39, 0.29) is 0 Å². The first kappa shape index (κ1) is 18.2. The largest absolute Gasteiger partial charge is 0.455 e. The molecule has 0 spiro atoms. The molecule has 0 radical (unpaired) electrons. The Balaban J connectivity index is 1.23. The van der Waals surface area contributed by atoms with Crippen LogP contribution in [0.4, 0.5) is 0 Å². The van der Waals surface area contributed by atoms with Gasteiger partial charge >= 0.3 is 0 Å². The molecule has 0 heterocycles. The summed E-state index contributed by atoms with van der Waals surface area (Å²) in [5.41, 5.74) is 0. The average molecular weight is 375 g/mol. The molecule has 0 aromatic carbocycles. The van der Waals surface area contributed by atoms with Crippen molar-refractivity contribution in [3.8, 4) is 0 Å². The van der Waals surface area contributed by atoms with E-state index in [4.69, 9.17) is 4.12 Å². The minimum absolute atomic E-state index is 0.908. The lowest BCUT2D eigenvalue weighted by atomic mass is 9.91. The summed E-state index contributed by atoms with van der Waals surface area (Å²) in [7, 11) is -3.01. The molecular formula is C22H38OSi2. The molecule has 0 amide bonds. The Bertz CT molecular complexity index is 502. The number of hydrogen-bond donors (Lipinski definition) is 0. The van der Waals surface area contributed by atoms with Gasteiger partial charge < -0.3 is 4.12 Å². The summed E-state index contributed by atoms with van der Waals surface area (Å²) >= 11 is 0. The van der Waals surface area contributed by atoms with Crippen molar-refractivity contribution < 1.29 is 4.12 Å². The monoisotopic (exact) mass is 374 g/mol. The molecule has 0 unspecified atom stereocenters. The van der Waals surface area contributed by atoms with Gasteiger partial charge in [-0.25, -0.2) is 0 Å². The molecule has 6 atom stereocenters. The van der Waals surface area contributed by atoms with Crippen LogP contribution in [-0.2, 0) is 4.12 Å². The smallest absolute Gasteiger partial charge is 0.173 e. The van der Waals surface area contributed by atoms with Gasteiger partial charge in [-0.1, -0.05) is 37.1 Å². The summed E-state index contributed by atoms with van der Waals surface area (Å²) in [6, 6.07) is 2.75. The van der Waals surface area contributed by atoms with Crippen LogP contribution in [-0.4, -0.2) is 16.6 Å². The van der Waals surface area contributed by atoms with Gasteiger partial charge in [-0.15, -0.1) is 0 Å². The first-order valence-corrected chi connectivity index (χ1v) is 17.1. The molecule has 3 heteroatoms. The minimum Gasteiger partial charge on any atom is -0.455 e. The van der Waals surface area contributed by atoms with Crippen LogP contribution >= 0.6 is 0 Å². The highest BCUT2D eigenvalue weighted by atomic mass is 28.4. The molecule has 1 nitrogen and oxygen atoms in total. The molecule has 25 heavy (non-hydrogen) atoms. The van der Waals surface area contributed by atoms with Crippen molar-refractivity contribution in [1.82, 2.24) is 0 Å². The van der Waals surface area contributed by atoms with Crippen LogP contribution < -0.4 is 0 Å². The summed E-state index contributed by atoms with van der Waals surface area (Å²) in [5.74, 6) is 5.59. The van der Waals surface area contributed by atoms with Gasteiger partial charge in [0.15, 0.2) is 16.6 Å². The van der Waals surface area contributed by atoms with E-state index in [0.717, 1.165) is 35.5 Å². The second kappa shape index (κ2) is 6.80. The van der Waals surface area contributed by atoms with Crippen molar-refractivity contribution in [1.29, 1.82) is 0 Å². The molecule has 140 valence electrons. The van der Waals surface area contributed by atoms with Crippen molar-refractivity contribution in [3.05, 3.63) is 24.3 Å². The highest BCUT2D eigenvalue weighted by Gasteiger charge is 2.40. The quantitative estimate of drug-likeness (QED) is 0.343. The van der Waals surface area contributed by atoms with E-state index < -0.39 is 16.6 Å². The van der Waals surface area contributed by atoms with Gasteiger partial charge in [-0.3, -0.25) is 0 Å². The topological polar surface area (TPSA) is 9.23 Å². The Morgan fingerprint density at radius 2 is 1.12 bits per heavy atom. The van der Waals surface area contributed by atoms with Crippen LogP contribution in [0.1, 0.15) is 38.5 Å². The fraction of sp³-hybridized carbons (Fsp3) is 0.818. The van der Waals surface area contributed by atoms with E-state index in [1.165, 1.54) is 50.6 Å². The third-order valence-corrected chi connectivity index (χ3v) is 15.0. The van der Waals surface area contributed by atoms with Gasteiger partial charge in [0.05, 0.1) is 0 Å². The maximum atomic E-state index is 6.95. The average Bonchev–Trinajstić information content (AvgIpc) is 3.30. The minimum atomic E-state index is -1.50. The van der Waals surface area contributed by atoms with E-state index in [1.807, 2.05) is 0 Å². The van der Waals surface area contributed by atoms with E-state index in [2.05, 4.69) is 50.5 Å². The standard InChI is InChI=1S/C22H38OSi2/c1-24(2,11-9-21-15-17-5-7-19(21)13-17)23-25(3,4)12-10-22-16-18-6-8-20(22)14-18/h5-8,17-22H,9-16H2,1-4H3/t17-,18-,19-,20-,21+,22+/m0/s1. The summed E-state index contributed by atoms with van der Waals surface area (Å²) in [4.78, 5) is 0. The number of allylic oxidation sites excluding steroid dienone is 4. The zero-order chi connectivity index (χ0) is 17.7. The molecule has 0 N–H and O–H groups in total. The number of hydrogen-bond acceptors (Lipinski definition) is 1. The molecule has 4 aliphatic rings. The van der Waals surface area contributed by atoms with Gasteiger partial charge in [0.1, 0.15) is 0 Å². The molecule has 0 aliphatic heterocycles. The summed E-state index contributed by atoms with van der Waals surface area (Å²) in [5, 5.41) is 0. The first-order valence-electron chi connectivity index (χ1n) is 10.9. The van der Waals surface area contributed by atoms with Crippen LogP contribution in [0.2, 0.25) is 38.3 Å². The summed E-state index contributed by atoms with van der Waals surface area (Å²) < 4.78 is 6.95. The fourth-order valence-corrected chi connectivity index (χ4v) is 15.3. The van der Waals surface area contributed by atoms with Gasteiger partial charge in [-0.2, -0.15) is 0 Å². The van der Waals surface area contributed by atoms with E-state index >= 15 is 0 Å². The third-order valence-electron chi connectivity index (χ3n) is 7.62. The lowest BCUT2D eigenvalue weighted by Gasteiger charge is -2.36. The molecule has 2 saturated carbocycles. The lowest BCUT2D eigenvalue weighted by molar-refractivity contribution is 0.412. The lowest BCUT2D eigenvalue weighted by Crippen LogP contribution is -2.44. The van der Waals surface area contributed by atoms with Gasteiger partial charge in [0.2, 0.25) is 0 Å². The molecule has 0 saturated heterocycles. The van der Waals surface area contributed by atoms with E-state index in [1.54, 1.807) is 0 Å². The number of fused-ring (bicyclic) bond motifs is 4. The van der Waals surface area contributed by atoms with Crippen LogP contribution in [0.5, 0.6) is 0 Å². The van der Waals surface area contributed by atoms with Gasteiger partial charge in [0.25, 0.3) is 0 Å². The molecule has 2 fully saturated rings. The number of rotatable bonds is 8. The molecular weight excluding hydrogens is 336 g/mol. The predicted molar refractivity (Wildman–Crippen MR) is 113 cm³/mol. The normalized spacial score (nSPS) is 39.0. The molecule has 0 aromatic rings. The Morgan fingerprint density at radius 3 is 1.44 bits per heavy atom. The van der Waals surface area contributed by atoms with Crippen LogP contribution in [0.15, 0.2) is 24.3 Å². The first-order chi connectivity index (χ1) is 11.8. The molecule has 4 aliphatic carbocycles. The maximum Gasteiger partial charge on any atom is 0.173 e. The summed E-state index contributed by atoms with van der Waals surface area (Å²) in [6.45, 7) is 9.96. The second-order valence-electron chi connectivity index (χ2n) is 10.8. The van der Waals surface area contributed by atoms with Crippen LogP contribution in [0, 0.1) is 35.5 Å². The third kappa shape index (κ3) is 4.24. The molecule has 0 aromatic heterocycles. The zero-order valence-electron chi connectivity index (χ0n) is 16.8. The Morgan fingerprint density at radius 1 is 0.680 bits per heavy atom. The van der Waals surface area contributed by atoms with Crippen molar-refractivity contribution in [3.63, 3.8) is 0 Å².